The van der Waals surface area contributed by atoms with Crippen molar-refractivity contribution in [1.29, 1.82) is 0 Å². The van der Waals surface area contributed by atoms with Gasteiger partial charge in [-0.25, -0.2) is 4.39 Å². The fourth-order valence-corrected chi connectivity index (χ4v) is 4.04. The maximum Gasteiger partial charge on any atom is 0.248 e. The van der Waals surface area contributed by atoms with Gasteiger partial charge in [-0.05, 0) is 31.0 Å². The van der Waals surface area contributed by atoms with E-state index in [0.29, 0.717) is 6.61 Å². The van der Waals surface area contributed by atoms with Crippen molar-refractivity contribution in [2.75, 3.05) is 11.9 Å². The molecule has 3 atom stereocenters. The fourth-order valence-electron chi connectivity index (χ4n) is 4.04. The third kappa shape index (κ3) is 2.80. The van der Waals surface area contributed by atoms with Crippen molar-refractivity contribution in [3.63, 3.8) is 0 Å². The molecule has 25 heavy (non-hydrogen) atoms. The van der Waals surface area contributed by atoms with Gasteiger partial charge in [0, 0.05) is 23.5 Å². The lowest BCUT2D eigenvalue weighted by molar-refractivity contribution is -0.222. The number of ether oxygens (including phenoxy) is 1. The first-order chi connectivity index (χ1) is 11.2. The summed E-state index contributed by atoms with van der Waals surface area (Å²) < 4.78 is 19.8. The van der Waals surface area contributed by atoms with Crippen molar-refractivity contribution in [3.05, 3.63) is 29.6 Å². The molecule has 138 valence electrons. The van der Waals surface area contributed by atoms with Crippen LogP contribution in [0.1, 0.15) is 37.0 Å². The molecule has 0 bridgehead atoms. The Morgan fingerprint density at radius 1 is 1.36 bits per heavy atom. The lowest BCUT2D eigenvalue weighted by Gasteiger charge is -2.65. The van der Waals surface area contributed by atoms with Gasteiger partial charge in [0.25, 0.3) is 0 Å². The summed E-state index contributed by atoms with van der Waals surface area (Å²) in [5.41, 5.74) is 9.96. The molecule has 1 aliphatic heterocycles. The summed E-state index contributed by atoms with van der Waals surface area (Å²) in [4.78, 5) is 24.1. The van der Waals surface area contributed by atoms with E-state index in [2.05, 4.69) is 5.32 Å². The first kappa shape index (κ1) is 19.6. The molecular formula is C17H23ClFN3O3. The molecule has 1 aromatic carbocycles. The van der Waals surface area contributed by atoms with Crippen LogP contribution < -0.4 is 16.8 Å². The van der Waals surface area contributed by atoms with Crippen LogP contribution in [-0.2, 0) is 9.53 Å². The lowest BCUT2D eigenvalue weighted by atomic mass is 9.46. The number of rotatable bonds is 3. The highest BCUT2D eigenvalue weighted by atomic mass is 35.5. The van der Waals surface area contributed by atoms with Gasteiger partial charge in [0.05, 0.1) is 11.8 Å². The highest BCUT2D eigenvalue weighted by Crippen LogP contribution is 2.57. The predicted octanol–water partition coefficient (Wildman–Crippen LogP) is 1.82. The zero-order valence-corrected chi connectivity index (χ0v) is 15.0. The number of fused-ring (bicyclic) bond motifs is 1. The largest absolute Gasteiger partial charge is 0.377 e. The molecule has 6 nitrogen and oxygen atoms in total. The van der Waals surface area contributed by atoms with Crippen LogP contribution >= 0.6 is 12.4 Å². The Kier molecular flexibility index (Phi) is 5.14. The summed E-state index contributed by atoms with van der Waals surface area (Å²) >= 11 is 0. The van der Waals surface area contributed by atoms with Crippen molar-refractivity contribution in [3.8, 4) is 0 Å². The number of carbonyl (C=O) groups excluding carboxylic acids is 2. The predicted molar refractivity (Wildman–Crippen MR) is 94.0 cm³/mol. The molecule has 2 aliphatic rings. The average Bonchev–Trinajstić information content (AvgIpc) is 2.55. The number of amides is 2. The number of halogens is 2. The molecule has 8 heteroatoms. The number of benzene rings is 1. The Hall–Kier alpha value is -1.70. The van der Waals surface area contributed by atoms with Crippen LogP contribution in [0.5, 0.6) is 0 Å². The molecule has 2 amide bonds. The maximum absolute atomic E-state index is 14.0. The summed E-state index contributed by atoms with van der Waals surface area (Å²) in [5, 5.41) is 2.53. The lowest BCUT2D eigenvalue weighted by Crippen LogP contribution is -2.81. The van der Waals surface area contributed by atoms with Gasteiger partial charge in [0.2, 0.25) is 11.8 Å². The van der Waals surface area contributed by atoms with Crippen LogP contribution in [0.3, 0.4) is 0 Å². The standard InChI is InChI=1S/C17H22FN3O3.ClH/c1-16(2)13-10(4-3-7-24-13)17(16,20)15(23)21-12-8-9(14(19)22)5-6-11(12)18;/h5-6,8,10,13H,3-4,7,20H2,1-2H3,(H2,19,22)(H,21,23);1H. The van der Waals surface area contributed by atoms with Gasteiger partial charge >= 0.3 is 0 Å². The molecule has 0 spiro atoms. The Labute approximate surface area is 151 Å². The normalized spacial score (nSPS) is 29.6. The summed E-state index contributed by atoms with van der Waals surface area (Å²) in [6.07, 6.45) is 1.56. The average molecular weight is 372 g/mol. The van der Waals surface area contributed by atoms with E-state index in [4.69, 9.17) is 16.2 Å². The van der Waals surface area contributed by atoms with E-state index in [9.17, 15) is 14.0 Å². The van der Waals surface area contributed by atoms with E-state index in [0.717, 1.165) is 18.9 Å². The summed E-state index contributed by atoms with van der Waals surface area (Å²) in [5.74, 6) is -1.92. The van der Waals surface area contributed by atoms with Crippen LogP contribution in [0.4, 0.5) is 10.1 Å². The first-order valence-corrected chi connectivity index (χ1v) is 8.01. The number of primary amides is 1. The maximum atomic E-state index is 14.0. The van der Waals surface area contributed by atoms with Crippen LogP contribution in [0.15, 0.2) is 18.2 Å². The van der Waals surface area contributed by atoms with Gasteiger partial charge in [-0.3, -0.25) is 9.59 Å². The second kappa shape index (κ2) is 6.55. The molecular weight excluding hydrogens is 349 g/mol. The van der Waals surface area contributed by atoms with E-state index in [1.807, 2.05) is 13.8 Å². The SMILES string of the molecule is CC1(C)C2OCCCC2C1(N)C(=O)Nc1cc(C(N)=O)ccc1F.Cl. The Morgan fingerprint density at radius 2 is 2.04 bits per heavy atom. The van der Waals surface area contributed by atoms with Gasteiger partial charge in [0.1, 0.15) is 11.4 Å². The number of hydrogen-bond acceptors (Lipinski definition) is 4. The van der Waals surface area contributed by atoms with Crippen LogP contribution in [0, 0.1) is 17.2 Å². The molecule has 1 aliphatic carbocycles. The molecule has 1 heterocycles. The highest BCUT2D eigenvalue weighted by molar-refractivity contribution is 6.01. The van der Waals surface area contributed by atoms with Crippen LogP contribution in [-0.4, -0.2) is 30.1 Å². The summed E-state index contributed by atoms with van der Waals surface area (Å²) in [7, 11) is 0. The minimum Gasteiger partial charge on any atom is -0.377 e. The van der Waals surface area contributed by atoms with E-state index in [1.165, 1.54) is 12.1 Å². The van der Waals surface area contributed by atoms with Gasteiger partial charge in [-0.15, -0.1) is 12.4 Å². The van der Waals surface area contributed by atoms with Gasteiger partial charge in [-0.1, -0.05) is 13.8 Å². The van der Waals surface area contributed by atoms with E-state index >= 15 is 0 Å². The van der Waals surface area contributed by atoms with Gasteiger partial charge < -0.3 is 21.5 Å². The monoisotopic (exact) mass is 371 g/mol. The molecule has 3 unspecified atom stereocenters. The smallest absolute Gasteiger partial charge is 0.248 e. The van der Waals surface area contributed by atoms with Crippen molar-refractivity contribution in [2.24, 2.45) is 22.8 Å². The van der Waals surface area contributed by atoms with E-state index in [1.54, 1.807) is 0 Å². The third-order valence-corrected chi connectivity index (χ3v) is 5.56. The molecule has 1 saturated heterocycles. The van der Waals surface area contributed by atoms with Crippen LogP contribution in [0.2, 0.25) is 0 Å². The van der Waals surface area contributed by atoms with Crippen LogP contribution in [0.25, 0.3) is 0 Å². The van der Waals surface area contributed by atoms with Crippen molar-refractivity contribution >= 4 is 29.9 Å². The molecule has 0 radical (unpaired) electrons. The number of anilines is 1. The topological polar surface area (TPSA) is 107 Å². The molecule has 3 rings (SSSR count). The van der Waals surface area contributed by atoms with Gasteiger partial charge in [-0.2, -0.15) is 0 Å². The minimum absolute atomic E-state index is 0. The molecule has 2 fully saturated rings. The van der Waals surface area contributed by atoms with E-state index < -0.39 is 28.6 Å². The zero-order chi connectivity index (χ0) is 17.7. The minimum atomic E-state index is -1.16. The first-order valence-electron chi connectivity index (χ1n) is 8.01. The second-order valence-electron chi connectivity index (χ2n) is 7.14. The Morgan fingerprint density at radius 3 is 2.68 bits per heavy atom. The Bertz CT molecular complexity index is 712. The third-order valence-electron chi connectivity index (χ3n) is 5.56. The van der Waals surface area contributed by atoms with Crippen molar-refractivity contribution < 1.29 is 18.7 Å². The molecule has 1 saturated carbocycles. The zero-order valence-electron chi connectivity index (χ0n) is 14.2. The number of carbonyl (C=O) groups is 2. The second-order valence-corrected chi connectivity index (χ2v) is 7.14. The number of nitrogens with two attached hydrogens (primary N) is 2. The van der Waals surface area contributed by atoms with E-state index in [-0.39, 0.29) is 35.7 Å². The Balaban J connectivity index is 0.00000225. The fraction of sp³-hybridized carbons (Fsp3) is 0.529. The van der Waals surface area contributed by atoms with Crippen molar-refractivity contribution in [2.45, 2.75) is 38.3 Å². The number of hydrogen-bond donors (Lipinski definition) is 3. The highest BCUT2D eigenvalue weighted by Gasteiger charge is 2.70. The van der Waals surface area contributed by atoms with Gasteiger partial charge in [0.15, 0.2) is 0 Å². The quantitative estimate of drug-likeness (QED) is 0.753. The molecule has 1 aromatic rings. The molecule has 0 aromatic heterocycles. The number of nitrogens with one attached hydrogen (secondary N) is 1. The molecule has 5 N–H and O–H groups in total. The summed E-state index contributed by atoms with van der Waals surface area (Å²) in [6.45, 7) is 4.43. The van der Waals surface area contributed by atoms with Crippen molar-refractivity contribution in [1.82, 2.24) is 0 Å². The summed E-state index contributed by atoms with van der Waals surface area (Å²) in [6, 6.07) is 3.58.